The van der Waals surface area contributed by atoms with Gasteiger partial charge in [-0.05, 0) is 86.9 Å². The van der Waals surface area contributed by atoms with Crippen LogP contribution < -0.4 is 30.7 Å². The van der Waals surface area contributed by atoms with Crippen molar-refractivity contribution in [3.63, 3.8) is 0 Å². The molecule has 54 heavy (non-hydrogen) atoms. The number of nitrogens with zero attached hydrogens (tertiary/aromatic N) is 3. The minimum Gasteiger partial charge on any atom is -0.454 e. The number of benzene rings is 2. The van der Waals surface area contributed by atoms with E-state index in [9.17, 15) is 36.0 Å². The van der Waals surface area contributed by atoms with Crippen LogP contribution in [0.15, 0.2) is 61.2 Å². The van der Waals surface area contributed by atoms with Gasteiger partial charge in [0.05, 0.1) is 16.2 Å². The van der Waals surface area contributed by atoms with Crippen LogP contribution in [0.3, 0.4) is 0 Å². The summed E-state index contributed by atoms with van der Waals surface area (Å²) in [5.74, 6) is -2.29. The molecule has 7 rings (SSSR count). The van der Waals surface area contributed by atoms with Gasteiger partial charge < -0.3 is 26.0 Å². The van der Waals surface area contributed by atoms with Crippen molar-refractivity contribution in [1.29, 1.82) is 0 Å². The predicted molar refractivity (Wildman–Crippen MR) is 190 cm³/mol. The largest absolute Gasteiger partial charge is 0.454 e. The number of amides is 3. The molecule has 4 fully saturated rings. The number of carbonyl (C=O) groups is 3. The molecule has 0 saturated heterocycles. The molecular formula is C35H36ClF3N8O6S. The van der Waals surface area contributed by atoms with E-state index in [1.54, 1.807) is 12.1 Å². The Kier molecular flexibility index (Phi) is 9.48. The number of sulfonamides is 1. The highest BCUT2D eigenvalue weighted by molar-refractivity contribution is 7.91. The molecule has 1 heterocycles. The van der Waals surface area contributed by atoms with Crippen LogP contribution in [-0.2, 0) is 25.2 Å². The van der Waals surface area contributed by atoms with Gasteiger partial charge in [-0.15, -0.1) is 6.58 Å². The Labute approximate surface area is 313 Å². The topological polar surface area (TPSA) is 193 Å². The standard InChI is InChI=1S/C35H36ClF3N8O6S/c1-2-21-17-34(21,28(50)47-54(51,52)25-11-12-25)45-27(49)32(13-14-32)18-40-26(48)20-3-9-24(10-4-20)41-29-42-30(44-31(43-29)53-19-35(37,38)39)46-33(15-16-33)22-5-7-23(36)8-6-22/h2-10,21,25H,1,11-19H2,(H,40,48)(H,45,49)(H,47,50)(H2,41,42,43,44,46)/t21-,34-/m1/s1. The third-order valence-electron chi connectivity index (χ3n) is 10.0. The lowest BCUT2D eigenvalue weighted by atomic mass is 10.0. The number of hydrogen-bond acceptors (Lipinski definition) is 11. The molecule has 14 nitrogen and oxygen atoms in total. The van der Waals surface area contributed by atoms with Gasteiger partial charge in [0.25, 0.3) is 11.8 Å². The summed E-state index contributed by atoms with van der Waals surface area (Å²) < 4.78 is 70.6. The second-order valence-corrected chi connectivity index (χ2v) is 16.6. The highest BCUT2D eigenvalue weighted by Gasteiger charge is 2.63. The van der Waals surface area contributed by atoms with Crippen molar-refractivity contribution in [3.8, 4) is 6.01 Å². The molecule has 3 aromatic rings. The zero-order valence-electron chi connectivity index (χ0n) is 28.6. The van der Waals surface area contributed by atoms with Gasteiger partial charge in [0.15, 0.2) is 6.61 Å². The molecule has 0 aliphatic heterocycles. The van der Waals surface area contributed by atoms with Gasteiger partial charge in [0, 0.05) is 28.7 Å². The summed E-state index contributed by atoms with van der Waals surface area (Å²) in [6.07, 6.45) is 0.398. The van der Waals surface area contributed by atoms with Crippen molar-refractivity contribution in [3.05, 3.63) is 77.3 Å². The van der Waals surface area contributed by atoms with E-state index in [0.29, 0.717) is 36.4 Å². The maximum atomic E-state index is 13.4. The fraction of sp³-hybridized carbons (Fsp3) is 0.429. The summed E-state index contributed by atoms with van der Waals surface area (Å²) in [5.41, 5.74) is -1.37. The van der Waals surface area contributed by atoms with E-state index in [-0.39, 0.29) is 30.4 Å². The van der Waals surface area contributed by atoms with Crippen molar-refractivity contribution >= 4 is 56.9 Å². The summed E-state index contributed by atoms with van der Waals surface area (Å²) in [5, 5.41) is 11.6. The molecule has 0 spiro atoms. The average Bonchev–Trinajstić information content (AvgIpc) is 3.91. The fourth-order valence-electron chi connectivity index (χ4n) is 6.14. The summed E-state index contributed by atoms with van der Waals surface area (Å²) in [4.78, 5) is 51.9. The number of ether oxygens (including phenoxy) is 1. The molecule has 0 radical (unpaired) electrons. The number of nitrogens with one attached hydrogen (secondary N) is 5. The zero-order valence-corrected chi connectivity index (χ0v) is 30.2. The second-order valence-electron chi connectivity index (χ2n) is 14.2. The molecule has 5 N–H and O–H groups in total. The number of hydrogen-bond donors (Lipinski definition) is 5. The third-order valence-corrected chi connectivity index (χ3v) is 12.1. The maximum absolute atomic E-state index is 13.4. The van der Waals surface area contributed by atoms with Crippen molar-refractivity contribution in [2.24, 2.45) is 11.3 Å². The smallest absolute Gasteiger partial charge is 0.422 e. The number of carbonyl (C=O) groups excluding carboxylic acids is 3. The minimum atomic E-state index is -4.63. The van der Waals surface area contributed by atoms with Crippen LogP contribution >= 0.6 is 11.6 Å². The van der Waals surface area contributed by atoms with E-state index in [1.807, 2.05) is 12.1 Å². The molecule has 0 unspecified atom stereocenters. The lowest BCUT2D eigenvalue weighted by molar-refractivity contribution is -0.154. The third kappa shape index (κ3) is 8.23. The normalized spacial score (nSPS) is 21.9. The van der Waals surface area contributed by atoms with E-state index < -0.39 is 74.2 Å². The van der Waals surface area contributed by atoms with Gasteiger partial charge in [-0.1, -0.05) is 29.8 Å². The van der Waals surface area contributed by atoms with Crippen molar-refractivity contribution in [2.75, 3.05) is 23.8 Å². The number of halogens is 4. The molecular weight excluding hydrogens is 753 g/mol. The average molecular weight is 789 g/mol. The number of rotatable bonds is 16. The summed E-state index contributed by atoms with van der Waals surface area (Å²) in [7, 11) is -3.82. The second kappa shape index (κ2) is 13.7. The minimum absolute atomic E-state index is 0.0114. The van der Waals surface area contributed by atoms with E-state index in [0.717, 1.165) is 18.4 Å². The Morgan fingerprint density at radius 2 is 1.61 bits per heavy atom. The van der Waals surface area contributed by atoms with Gasteiger partial charge in [0.2, 0.25) is 27.8 Å². The van der Waals surface area contributed by atoms with Gasteiger partial charge in [-0.2, -0.15) is 28.1 Å². The molecule has 4 aliphatic rings. The summed E-state index contributed by atoms with van der Waals surface area (Å²) in [6.45, 7) is 2.07. The van der Waals surface area contributed by atoms with Gasteiger partial charge in [-0.25, -0.2) is 8.42 Å². The summed E-state index contributed by atoms with van der Waals surface area (Å²) in [6, 6.07) is 12.7. The molecule has 19 heteroatoms. The molecule has 0 bridgehead atoms. The van der Waals surface area contributed by atoms with Crippen LogP contribution in [0, 0.1) is 11.3 Å². The molecule has 286 valence electrons. The molecule has 3 amide bonds. The molecule has 4 saturated carbocycles. The summed E-state index contributed by atoms with van der Waals surface area (Å²) >= 11 is 6.03. The first-order chi connectivity index (χ1) is 25.5. The highest BCUT2D eigenvalue weighted by Crippen LogP contribution is 2.50. The van der Waals surface area contributed by atoms with Crippen molar-refractivity contribution in [1.82, 2.24) is 30.3 Å². The predicted octanol–water partition coefficient (Wildman–Crippen LogP) is 4.49. The molecule has 2 aromatic carbocycles. The Balaban J connectivity index is 0.980. The number of anilines is 3. The van der Waals surface area contributed by atoms with Crippen molar-refractivity contribution in [2.45, 2.75) is 67.4 Å². The lowest BCUT2D eigenvalue weighted by Crippen LogP contribution is -2.55. The zero-order chi connectivity index (χ0) is 38.5. The number of aromatic nitrogens is 3. The Bertz CT molecular complexity index is 2090. The maximum Gasteiger partial charge on any atom is 0.422 e. The first-order valence-corrected chi connectivity index (χ1v) is 19.1. The quantitative estimate of drug-likeness (QED) is 0.129. The fourth-order valence-corrected chi connectivity index (χ4v) is 7.63. The Morgan fingerprint density at radius 1 is 0.944 bits per heavy atom. The van der Waals surface area contributed by atoms with Crippen molar-refractivity contribution < 1.29 is 40.7 Å². The van der Waals surface area contributed by atoms with Crippen LogP contribution in [0.5, 0.6) is 6.01 Å². The van der Waals surface area contributed by atoms with Crippen LogP contribution in [0.25, 0.3) is 0 Å². The van der Waals surface area contributed by atoms with Gasteiger partial charge in [-0.3, -0.25) is 19.1 Å². The van der Waals surface area contributed by atoms with E-state index >= 15 is 0 Å². The van der Waals surface area contributed by atoms with E-state index in [2.05, 4.69) is 47.5 Å². The molecule has 2 atom stereocenters. The van der Waals surface area contributed by atoms with Gasteiger partial charge >= 0.3 is 12.2 Å². The lowest BCUT2D eigenvalue weighted by Gasteiger charge is -2.23. The molecule has 1 aromatic heterocycles. The first kappa shape index (κ1) is 37.3. The van der Waals surface area contributed by atoms with Crippen LogP contribution in [0.1, 0.15) is 60.9 Å². The SMILES string of the molecule is C=C[C@@H]1C[C@]1(NC(=O)C1(CNC(=O)c2ccc(Nc3nc(NC4(c5ccc(Cl)cc5)CC4)nc(OCC(F)(F)F)n3)cc2)CC1)C(=O)NS(=O)(=O)C1CC1. The van der Waals surface area contributed by atoms with Crippen LogP contribution in [0.2, 0.25) is 5.02 Å². The first-order valence-electron chi connectivity index (χ1n) is 17.2. The van der Waals surface area contributed by atoms with E-state index in [4.69, 9.17) is 16.3 Å². The van der Waals surface area contributed by atoms with Gasteiger partial charge in [0.1, 0.15) is 5.54 Å². The monoisotopic (exact) mass is 788 g/mol. The number of alkyl halides is 3. The molecule has 4 aliphatic carbocycles. The van der Waals surface area contributed by atoms with Crippen LogP contribution in [-0.4, -0.2) is 71.2 Å². The van der Waals surface area contributed by atoms with Crippen LogP contribution in [0.4, 0.5) is 30.8 Å². The van der Waals surface area contributed by atoms with E-state index in [1.165, 1.54) is 30.3 Å². The Morgan fingerprint density at radius 3 is 2.19 bits per heavy atom. The highest BCUT2D eigenvalue weighted by atomic mass is 35.5. The Hall–Kier alpha value is -4.97.